The van der Waals surface area contributed by atoms with Crippen molar-refractivity contribution in [1.29, 1.82) is 0 Å². The minimum absolute atomic E-state index is 0.165. The molecule has 0 amide bonds. The highest BCUT2D eigenvalue weighted by Gasteiger charge is 2.32. The number of rotatable bonds is 34. The number of piperazine rings is 1. The summed E-state index contributed by atoms with van der Waals surface area (Å²) in [6.07, 6.45) is 19.7. The third-order valence-electron chi connectivity index (χ3n) is 18.3. The van der Waals surface area contributed by atoms with Crippen molar-refractivity contribution in [2.75, 3.05) is 137 Å². The summed E-state index contributed by atoms with van der Waals surface area (Å²) >= 11 is 12.4. The molecule has 0 atom stereocenters. The minimum atomic E-state index is 0.165. The van der Waals surface area contributed by atoms with E-state index in [4.69, 9.17) is 64.1 Å². The second kappa shape index (κ2) is 48.9. The summed E-state index contributed by atoms with van der Waals surface area (Å²) in [5, 5.41) is 34.6. The summed E-state index contributed by atoms with van der Waals surface area (Å²) in [5.41, 5.74) is 26.1. The summed E-state index contributed by atoms with van der Waals surface area (Å²) in [7, 11) is 0. The number of nitrogen functional groups attached to an aromatic ring is 3. The molecule has 6 aromatic rings. The van der Waals surface area contributed by atoms with Crippen LogP contribution >= 0.6 is 23.2 Å². The highest BCUT2D eigenvalue weighted by Crippen LogP contribution is 2.37. The summed E-state index contributed by atoms with van der Waals surface area (Å²) in [6.45, 7) is 44.2. The molecule has 0 bridgehead atoms. The molecule has 104 heavy (non-hydrogen) atoms. The van der Waals surface area contributed by atoms with Crippen LogP contribution in [-0.2, 0) is 23.7 Å². The number of piperidine rings is 2. The van der Waals surface area contributed by atoms with Crippen molar-refractivity contribution < 1.29 is 28.8 Å². The average molecular weight is 1480 g/mol. The van der Waals surface area contributed by atoms with Crippen LogP contribution in [0.15, 0.2) is 85.1 Å². The number of aryl methyl sites for hydroxylation is 1. The fourth-order valence-corrected chi connectivity index (χ4v) is 12.9. The second-order valence-electron chi connectivity index (χ2n) is 28.9. The van der Waals surface area contributed by atoms with Gasteiger partial charge in [-0.15, -0.1) is 20.4 Å². The van der Waals surface area contributed by atoms with E-state index in [0.717, 1.165) is 153 Å². The zero-order valence-corrected chi connectivity index (χ0v) is 67.2. The average Bonchev–Trinajstić information content (AvgIpc) is 0.817. The lowest BCUT2D eigenvalue weighted by Gasteiger charge is -2.41. The normalized spacial score (nSPS) is 14.8. The van der Waals surface area contributed by atoms with E-state index >= 15 is 0 Å². The highest BCUT2D eigenvalue weighted by atomic mass is 35.5. The van der Waals surface area contributed by atoms with Crippen molar-refractivity contribution in [3.63, 3.8) is 0 Å². The molecular weight excluding hydrogens is 1350 g/mol. The van der Waals surface area contributed by atoms with Gasteiger partial charge in [-0.25, -0.2) is 9.97 Å². The summed E-state index contributed by atoms with van der Waals surface area (Å²) in [6, 6.07) is 26.3. The van der Waals surface area contributed by atoms with E-state index in [0.29, 0.717) is 87.0 Å². The molecule has 0 aliphatic carbocycles. The van der Waals surface area contributed by atoms with Crippen LogP contribution in [0.2, 0.25) is 10.0 Å². The van der Waals surface area contributed by atoms with Crippen LogP contribution in [0.5, 0.6) is 5.75 Å². The number of ether oxygens (including phenoxy) is 5. The van der Waals surface area contributed by atoms with Crippen molar-refractivity contribution in [1.82, 2.24) is 45.9 Å². The van der Waals surface area contributed by atoms with Crippen molar-refractivity contribution in [2.45, 2.75) is 229 Å². The molecule has 23 heteroatoms. The Labute approximate surface area is 635 Å². The lowest BCUT2D eigenvalue weighted by Crippen LogP contribution is -2.53. The van der Waals surface area contributed by atoms with Crippen molar-refractivity contribution in [2.24, 2.45) is 0 Å². The van der Waals surface area contributed by atoms with Gasteiger partial charge in [0.1, 0.15) is 17.3 Å². The number of halogens is 2. The number of phenolic OH excluding ortho intramolecular Hbond substituents is 1. The predicted octanol–water partition coefficient (Wildman–Crippen LogP) is 16.2. The first-order valence-corrected chi connectivity index (χ1v) is 39.4. The number of aromatic hydroxyl groups is 1. The third kappa shape index (κ3) is 32.5. The number of aromatic nitrogens is 6. The van der Waals surface area contributed by atoms with Crippen molar-refractivity contribution in [3.8, 4) is 39.5 Å². The molecule has 0 spiro atoms. The largest absolute Gasteiger partial charge is 0.507 e. The Morgan fingerprint density at radius 2 is 1.09 bits per heavy atom. The quantitative estimate of drug-likeness (QED) is 0.0205. The number of nitrogens with one attached hydrogen (secondary N) is 2. The molecule has 3 aliphatic rings. The third-order valence-corrected chi connectivity index (χ3v) is 19.1. The van der Waals surface area contributed by atoms with Gasteiger partial charge in [-0.3, -0.25) is 4.90 Å². The van der Waals surface area contributed by atoms with Gasteiger partial charge in [0.25, 0.3) is 0 Å². The fraction of sp³-hybridized carbons (Fsp3) is 0.630. The van der Waals surface area contributed by atoms with Gasteiger partial charge in [0.15, 0.2) is 17.5 Å². The molecule has 580 valence electrons. The molecule has 0 unspecified atom stereocenters. The fourth-order valence-electron chi connectivity index (χ4n) is 12.5. The molecule has 3 aromatic carbocycles. The lowest BCUT2D eigenvalue weighted by atomic mass is 9.89. The monoisotopic (exact) mass is 1480 g/mol. The molecular formula is C81H131Cl2N15O6. The Balaban J connectivity index is 0.000000238. The number of hydrogen-bond donors (Lipinski definition) is 6. The maximum atomic E-state index is 10.0. The van der Waals surface area contributed by atoms with Crippen LogP contribution in [0.3, 0.4) is 0 Å². The van der Waals surface area contributed by atoms with Gasteiger partial charge in [-0.05, 0) is 130 Å². The van der Waals surface area contributed by atoms with E-state index in [1.54, 1.807) is 24.4 Å². The zero-order valence-electron chi connectivity index (χ0n) is 65.7. The number of para-hydroxylation sites is 1. The van der Waals surface area contributed by atoms with Gasteiger partial charge < -0.3 is 71.3 Å². The number of phenols is 1. The summed E-state index contributed by atoms with van der Waals surface area (Å²) in [5.74, 6) is 2.28. The van der Waals surface area contributed by atoms with Crippen LogP contribution in [-0.4, -0.2) is 187 Å². The van der Waals surface area contributed by atoms with Gasteiger partial charge in [0.2, 0.25) is 0 Å². The van der Waals surface area contributed by atoms with Gasteiger partial charge in [-0.1, -0.05) is 165 Å². The van der Waals surface area contributed by atoms with Crippen LogP contribution in [0.4, 0.5) is 34.6 Å². The molecule has 0 radical (unpaired) electrons. The number of nitrogens with zero attached hydrogens (tertiary/aromatic N) is 10. The van der Waals surface area contributed by atoms with Gasteiger partial charge >= 0.3 is 0 Å². The van der Waals surface area contributed by atoms with Crippen molar-refractivity contribution in [3.05, 3.63) is 101 Å². The first-order valence-electron chi connectivity index (χ1n) is 38.6. The van der Waals surface area contributed by atoms with Gasteiger partial charge in [-0.2, -0.15) is 0 Å². The summed E-state index contributed by atoms with van der Waals surface area (Å²) < 4.78 is 27.6. The number of benzene rings is 3. The van der Waals surface area contributed by atoms with Crippen LogP contribution in [0, 0.1) is 6.92 Å². The van der Waals surface area contributed by atoms with E-state index in [1.165, 1.54) is 69.8 Å². The maximum absolute atomic E-state index is 10.0. The SMILES string of the molecule is CC(C)NC1(C)CCN(c2cnc(-c3cccc(Cl)c3Cl)c(N)n2)CC1.CC(C)OC1CCN(c2cc(-c3ccccc3O)nnc2N)CC1.CCCCCCCOCCOC(C)C.CCCCCCCOCCOCCNC(C)C.Cc1ccccc1-c1cc(N2CCN(C(C)C)CC2)c(N)nn1. The maximum Gasteiger partial charge on any atom is 0.169 e. The van der Waals surface area contributed by atoms with Crippen molar-refractivity contribution >= 4 is 57.8 Å². The number of nitrogens with two attached hydrogens (primary N) is 3. The van der Waals surface area contributed by atoms with E-state index < -0.39 is 0 Å². The molecule has 0 saturated carbocycles. The Hall–Kier alpha value is -6.24. The first kappa shape index (κ1) is 88.4. The van der Waals surface area contributed by atoms with E-state index in [1.807, 2.05) is 56.3 Å². The number of hydrogen-bond acceptors (Lipinski definition) is 21. The minimum Gasteiger partial charge on any atom is -0.507 e. The highest BCUT2D eigenvalue weighted by molar-refractivity contribution is 6.43. The molecule has 3 fully saturated rings. The first-order chi connectivity index (χ1) is 49.9. The molecule has 9 rings (SSSR count). The Kier molecular flexibility index (Phi) is 41.5. The Morgan fingerprint density at radius 3 is 1.62 bits per heavy atom. The smallest absolute Gasteiger partial charge is 0.169 e. The molecule has 3 saturated heterocycles. The topological polar surface area (TPSA) is 259 Å². The van der Waals surface area contributed by atoms with Gasteiger partial charge in [0, 0.05) is 112 Å². The molecule has 21 nitrogen and oxygen atoms in total. The van der Waals surface area contributed by atoms with Crippen LogP contribution in [0.25, 0.3) is 33.8 Å². The predicted molar refractivity (Wildman–Crippen MR) is 435 cm³/mol. The number of unbranched alkanes of at least 4 members (excludes halogenated alkanes) is 8. The molecule has 9 N–H and O–H groups in total. The van der Waals surface area contributed by atoms with E-state index in [2.05, 4.69) is 162 Å². The Morgan fingerprint density at radius 1 is 0.558 bits per heavy atom. The van der Waals surface area contributed by atoms with Gasteiger partial charge in [0.05, 0.1) is 90.4 Å². The molecule has 6 heterocycles. The molecule has 3 aromatic heterocycles. The lowest BCUT2D eigenvalue weighted by molar-refractivity contribution is -0.00478. The van der Waals surface area contributed by atoms with Crippen LogP contribution in [0.1, 0.15) is 185 Å². The molecule has 3 aliphatic heterocycles. The van der Waals surface area contributed by atoms with Crippen LogP contribution < -0.4 is 42.5 Å². The zero-order chi connectivity index (χ0) is 75.8. The van der Waals surface area contributed by atoms with E-state index in [9.17, 15) is 5.11 Å². The number of anilines is 6. The second-order valence-corrected chi connectivity index (χ2v) is 29.7. The van der Waals surface area contributed by atoms with E-state index in [-0.39, 0.29) is 17.4 Å². The Bertz CT molecular complexity index is 3310. The summed E-state index contributed by atoms with van der Waals surface area (Å²) in [4.78, 5) is 18.4. The standard InChI is InChI=1S/C19H25Cl2N5.C18H25N5.C18H24N4O2.C14H31NO2.C12H26O2/c1-12(2)25-19(3)7-9-26(10-8-19)15-11-23-17(18(22)24-15)13-5-4-6-14(20)16(13)21;1-13(2)22-8-10-23(11-9-22)17-12-16(20-21-18(17)19)15-7-5-4-6-14(15)3;1-12(2)24-13-7-9-22(10-8-13)16-11-15(20-21-18(16)19)14-5-3-4-6-17(14)23;1-4-5-6-7-8-10-16-12-13-17-11-9-15-14(2)3;1-4-5-6-7-8-9-13-10-11-14-12(2)3/h4-6,11-12,25H,7-10H2,1-3H3,(H2,22,24);4-7,12-13H,8-11H2,1-3H3,(H2,19,21);3-6,11-13,23H,7-10H2,1-2H3,(H2,19,21);14-15H,4-13H2,1-3H3;12H,4-11H2,1-3H3.